The van der Waals surface area contributed by atoms with Crippen molar-refractivity contribution >= 4 is 34.9 Å². The number of allylic oxidation sites excluding steroid dienone is 1. The third kappa shape index (κ3) is 5.92. The number of carboxylic acids is 1. The van der Waals surface area contributed by atoms with Gasteiger partial charge in [0.25, 0.3) is 5.78 Å². The van der Waals surface area contributed by atoms with Crippen LogP contribution in [0.15, 0.2) is 28.9 Å². The van der Waals surface area contributed by atoms with Gasteiger partial charge in [-0.25, -0.2) is 9.59 Å². The number of hydrogen-bond donors (Lipinski definition) is 1. The molecule has 0 spiro atoms. The van der Waals surface area contributed by atoms with Gasteiger partial charge in [0.05, 0.1) is 16.2 Å². The molecular weight excluding hydrogens is 469 g/mol. The number of nitrogens with zero attached hydrogens (tertiary/aromatic N) is 2. The van der Waals surface area contributed by atoms with E-state index >= 15 is 0 Å². The molecule has 0 amide bonds. The Morgan fingerprint density at radius 3 is 2.27 bits per heavy atom. The number of aromatic nitrogens is 1. The third-order valence-electron chi connectivity index (χ3n) is 3.91. The second kappa shape index (κ2) is 9.26. The van der Waals surface area contributed by atoms with Crippen molar-refractivity contribution in [3.8, 4) is 11.3 Å². The zero-order valence-electron chi connectivity index (χ0n) is 18.2. The lowest BCUT2D eigenvalue weighted by Gasteiger charge is -2.20. The lowest BCUT2D eigenvalue weighted by atomic mass is 9.99. The molecule has 8 nitrogen and oxygen atoms in total. The van der Waals surface area contributed by atoms with Crippen molar-refractivity contribution in [1.29, 1.82) is 0 Å². The van der Waals surface area contributed by atoms with Gasteiger partial charge in [0, 0.05) is 25.9 Å². The summed E-state index contributed by atoms with van der Waals surface area (Å²) in [5.41, 5.74) is -3.45. The van der Waals surface area contributed by atoms with Crippen molar-refractivity contribution in [2.24, 2.45) is 0 Å². The van der Waals surface area contributed by atoms with E-state index in [1.807, 2.05) is 0 Å². The molecule has 0 saturated carbocycles. The molecule has 0 fully saturated rings. The van der Waals surface area contributed by atoms with Crippen LogP contribution >= 0.6 is 11.6 Å². The first-order valence-electron chi connectivity index (χ1n) is 9.30. The van der Waals surface area contributed by atoms with E-state index in [1.54, 1.807) is 20.8 Å². The van der Waals surface area contributed by atoms with Gasteiger partial charge in [0.15, 0.2) is 5.76 Å². The molecule has 12 heteroatoms. The van der Waals surface area contributed by atoms with Gasteiger partial charge in [-0.05, 0) is 26.8 Å². The van der Waals surface area contributed by atoms with E-state index in [-0.39, 0.29) is 16.1 Å². The van der Waals surface area contributed by atoms with E-state index in [9.17, 15) is 32.7 Å². The Kier molecular flexibility index (Phi) is 7.27. The van der Waals surface area contributed by atoms with E-state index in [0.717, 1.165) is 11.1 Å². The summed E-state index contributed by atoms with van der Waals surface area (Å²) in [5, 5.41) is 13.0. The number of Topliss-reactive ketones (excluding diaryl/α,β-unsaturated/α-hetero) is 1. The molecule has 2 rings (SSSR count). The monoisotopic (exact) mass is 488 g/mol. The number of benzene rings is 1. The molecule has 2 aromatic rings. The maximum absolute atomic E-state index is 13.1. The zero-order chi connectivity index (χ0) is 25.3. The summed E-state index contributed by atoms with van der Waals surface area (Å²) in [6.07, 6.45) is -4.54. The largest absolute Gasteiger partial charge is 0.477 e. The Balaban J connectivity index is 2.73. The minimum Gasteiger partial charge on any atom is -0.477 e. The zero-order valence-corrected chi connectivity index (χ0v) is 19.0. The van der Waals surface area contributed by atoms with Gasteiger partial charge in [-0.3, -0.25) is 4.79 Å². The molecule has 1 N–H and O–H groups in total. The normalized spacial score (nSPS) is 12.5. The molecule has 1 aromatic carbocycles. The van der Waals surface area contributed by atoms with Gasteiger partial charge in [0.1, 0.15) is 16.9 Å². The Hall–Kier alpha value is -3.34. The minimum absolute atomic E-state index is 0.115. The highest BCUT2D eigenvalue weighted by atomic mass is 35.5. The van der Waals surface area contributed by atoms with E-state index < -0.39 is 52.1 Å². The van der Waals surface area contributed by atoms with Crippen LogP contribution in [0.4, 0.5) is 13.2 Å². The number of aromatic carboxylic acids is 1. The molecule has 178 valence electrons. The van der Waals surface area contributed by atoms with Gasteiger partial charge in [-0.15, -0.1) is 0 Å². The maximum atomic E-state index is 13.1. The first kappa shape index (κ1) is 25.9. The summed E-state index contributed by atoms with van der Waals surface area (Å²) in [5.74, 6) is -5.77. The summed E-state index contributed by atoms with van der Waals surface area (Å²) in [6.45, 7) is 4.89. The van der Waals surface area contributed by atoms with E-state index in [4.69, 9.17) is 20.9 Å². The Morgan fingerprint density at radius 1 is 1.18 bits per heavy atom. The summed E-state index contributed by atoms with van der Waals surface area (Å²) in [6, 6.07) is 3.98. The van der Waals surface area contributed by atoms with Crippen LogP contribution in [0.5, 0.6) is 0 Å². The lowest BCUT2D eigenvalue weighted by molar-refractivity contribution is -0.164. The van der Waals surface area contributed by atoms with Crippen molar-refractivity contribution in [2.75, 3.05) is 14.1 Å². The molecular formula is C21H20ClF3N2O6. The Labute approximate surface area is 191 Å². The van der Waals surface area contributed by atoms with Crippen LogP contribution < -0.4 is 0 Å². The number of ether oxygens (including phenoxy) is 1. The number of rotatable bonds is 6. The predicted octanol–water partition coefficient (Wildman–Crippen LogP) is 4.68. The topological polar surface area (TPSA) is 110 Å². The molecule has 0 atom stereocenters. The van der Waals surface area contributed by atoms with Crippen LogP contribution in [-0.4, -0.2) is 58.8 Å². The fourth-order valence-electron chi connectivity index (χ4n) is 2.69. The highest BCUT2D eigenvalue weighted by Gasteiger charge is 2.44. The molecule has 0 aliphatic carbocycles. The number of carbonyl (C=O) groups excluding carboxylic acids is 2. The highest BCUT2D eigenvalue weighted by Crippen LogP contribution is 2.37. The van der Waals surface area contributed by atoms with E-state index in [2.05, 4.69) is 5.16 Å². The SMILES string of the molecule is CN(C)/C=C(\C(=O)C(F)(F)F)c1onc(-c2cccc(C(=O)OC(C)(C)C)c2Cl)c1C(=O)O. The number of carbonyl (C=O) groups is 3. The van der Waals surface area contributed by atoms with Crippen LogP contribution in [0.25, 0.3) is 16.8 Å². The molecule has 0 aliphatic rings. The van der Waals surface area contributed by atoms with Crippen molar-refractivity contribution in [1.82, 2.24) is 10.1 Å². The van der Waals surface area contributed by atoms with Crippen molar-refractivity contribution in [3.05, 3.63) is 46.3 Å². The summed E-state index contributed by atoms with van der Waals surface area (Å²) in [4.78, 5) is 37.5. The Bertz CT molecular complexity index is 1130. The first-order chi connectivity index (χ1) is 15.0. The second-order valence-electron chi connectivity index (χ2n) is 8.04. The van der Waals surface area contributed by atoms with Crippen LogP contribution in [0, 0.1) is 0 Å². The number of esters is 1. The molecule has 1 aromatic heterocycles. The number of alkyl halides is 3. The first-order valence-corrected chi connectivity index (χ1v) is 9.67. The van der Waals surface area contributed by atoms with Gasteiger partial charge >= 0.3 is 18.1 Å². The van der Waals surface area contributed by atoms with E-state index in [1.165, 1.54) is 32.3 Å². The molecule has 33 heavy (non-hydrogen) atoms. The number of hydrogen-bond acceptors (Lipinski definition) is 7. The number of carboxylic acid groups (broad SMARTS) is 1. The van der Waals surface area contributed by atoms with Gasteiger partial charge < -0.3 is 19.3 Å². The second-order valence-corrected chi connectivity index (χ2v) is 8.42. The van der Waals surface area contributed by atoms with Gasteiger partial charge in [-0.1, -0.05) is 28.9 Å². The van der Waals surface area contributed by atoms with Crippen molar-refractivity contribution in [3.63, 3.8) is 0 Å². The van der Waals surface area contributed by atoms with Gasteiger partial charge in [-0.2, -0.15) is 13.2 Å². The summed E-state index contributed by atoms with van der Waals surface area (Å²) < 4.78 is 49.6. The molecule has 0 aliphatic heterocycles. The Morgan fingerprint density at radius 2 is 1.79 bits per heavy atom. The molecule has 0 bridgehead atoms. The maximum Gasteiger partial charge on any atom is 0.455 e. The fraction of sp³-hybridized carbons (Fsp3) is 0.333. The molecule has 1 heterocycles. The van der Waals surface area contributed by atoms with E-state index in [0.29, 0.717) is 0 Å². The molecule has 0 radical (unpaired) electrons. The third-order valence-corrected chi connectivity index (χ3v) is 4.32. The van der Waals surface area contributed by atoms with Crippen LogP contribution in [-0.2, 0) is 9.53 Å². The van der Waals surface area contributed by atoms with Crippen LogP contribution in [0.1, 0.15) is 47.2 Å². The van der Waals surface area contributed by atoms with Gasteiger partial charge in [0.2, 0.25) is 0 Å². The standard InChI is InChI=1S/C21H20ClF3N2O6/c1-20(2,3)32-19(31)11-8-6-7-10(14(11)22)15-13(18(29)30)16(33-26-15)12(9-27(4)5)17(28)21(23,24)25/h6-9H,1-5H3,(H,29,30)/b12-9-. The van der Waals surface area contributed by atoms with Crippen LogP contribution in [0.3, 0.4) is 0 Å². The fourth-order valence-corrected chi connectivity index (χ4v) is 2.99. The molecule has 0 saturated heterocycles. The quantitative estimate of drug-likeness (QED) is 0.461. The number of halogens is 4. The highest BCUT2D eigenvalue weighted by molar-refractivity contribution is 6.36. The molecule has 0 unspecified atom stereocenters. The predicted molar refractivity (Wildman–Crippen MR) is 112 cm³/mol. The minimum atomic E-state index is -5.31. The van der Waals surface area contributed by atoms with Crippen molar-refractivity contribution < 1.29 is 41.9 Å². The lowest BCUT2D eigenvalue weighted by Crippen LogP contribution is -2.25. The number of ketones is 1. The average molecular weight is 489 g/mol. The van der Waals surface area contributed by atoms with Crippen LogP contribution in [0.2, 0.25) is 5.02 Å². The smallest absolute Gasteiger partial charge is 0.455 e. The summed E-state index contributed by atoms with van der Waals surface area (Å²) in [7, 11) is 2.67. The average Bonchev–Trinajstić information content (AvgIpc) is 3.08. The van der Waals surface area contributed by atoms with Crippen molar-refractivity contribution in [2.45, 2.75) is 32.5 Å². The summed E-state index contributed by atoms with van der Waals surface area (Å²) >= 11 is 6.31.